The van der Waals surface area contributed by atoms with Gasteiger partial charge in [0.1, 0.15) is 5.82 Å². The van der Waals surface area contributed by atoms with Crippen LogP contribution in [0.2, 0.25) is 0 Å². The maximum absolute atomic E-state index is 13.3. The first kappa shape index (κ1) is 16.8. The molecule has 0 aliphatic carbocycles. The van der Waals surface area contributed by atoms with Crippen LogP contribution >= 0.6 is 0 Å². The Bertz CT molecular complexity index is 1090. The van der Waals surface area contributed by atoms with E-state index >= 15 is 0 Å². The molecule has 2 aromatic heterocycles. The number of benzene rings is 2. The average Bonchev–Trinajstić information content (AvgIpc) is 3.13. The lowest BCUT2D eigenvalue weighted by Crippen LogP contribution is -2.30. The molecule has 1 amide bonds. The normalized spacial score (nSPS) is 12.1. The van der Waals surface area contributed by atoms with Crippen LogP contribution in [0.15, 0.2) is 66.9 Å². The zero-order valence-electron chi connectivity index (χ0n) is 14.5. The summed E-state index contributed by atoms with van der Waals surface area (Å²) in [5, 5.41) is 7.18. The Morgan fingerprint density at radius 1 is 1.04 bits per heavy atom. The minimum atomic E-state index is -0.458. The van der Waals surface area contributed by atoms with Crippen molar-refractivity contribution in [1.29, 1.82) is 0 Å². The van der Waals surface area contributed by atoms with Crippen molar-refractivity contribution in [3.8, 4) is 0 Å². The van der Waals surface area contributed by atoms with Gasteiger partial charge in [-0.15, -0.1) is 5.10 Å². The van der Waals surface area contributed by atoms with E-state index in [1.165, 1.54) is 16.6 Å². The van der Waals surface area contributed by atoms with Crippen molar-refractivity contribution in [3.63, 3.8) is 0 Å². The zero-order chi connectivity index (χ0) is 18.8. The summed E-state index contributed by atoms with van der Waals surface area (Å²) in [5.41, 5.74) is 2.45. The fraction of sp³-hybridized carbons (Fsp3) is 0.100. The molecular formula is C20H16FN5O. The number of hydrogen-bond donors (Lipinski definition) is 1. The molecule has 1 N–H and O–H groups in total. The molecule has 0 aliphatic heterocycles. The van der Waals surface area contributed by atoms with Gasteiger partial charge < -0.3 is 5.32 Å². The molecule has 4 rings (SSSR count). The second-order valence-electron chi connectivity index (χ2n) is 6.10. The number of amides is 1. The molecule has 0 spiro atoms. The van der Waals surface area contributed by atoms with Gasteiger partial charge >= 0.3 is 0 Å². The molecule has 27 heavy (non-hydrogen) atoms. The summed E-state index contributed by atoms with van der Waals surface area (Å²) in [7, 11) is 0. The number of rotatable bonds is 4. The van der Waals surface area contributed by atoms with Crippen LogP contribution in [0.5, 0.6) is 0 Å². The van der Waals surface area contributed by atoms with E-state index in [1.807, 2.05) is 37.3 Å². The third-order valence-electron chi connectivity index (χ3n) is 4.24. The van der Waals surface area contributed by atoms with Crippen molar-refractivity contribution in [3.05, 3.63) is 95.3 Å². The van der Waals surface area contributed by atoms with Crippen LogP contribution in [-0.4, -0.2) is 25.5 Å². The van der Waals surface area contributed by atoms with Gasteiger partial charge in [-0.05, 0) is 36.2 Å². The number of carbonyl (C=O) groups excluding carboxylic acids is 1. The lowest BCUT2D eigenvalue weighted by molar-refractivity contribution is 0.0932. The number of aryl methyl sites for hydroxylation is 1. The topological polar surface area (TPSA) is 72.2 Å². The van der Waals surface area contributed by atoms with Crippen molar-refractivity contribution in [2.24, 2.45) is 0 Å². The molecule has 0 saturated heterocycles. The molecule has 4 aromatic rings. The summed E-state index contributed by atoms with van der Waals surface area (Å²) in [6, 6.07) is 16.8. The molecule has 0 aliphatic rings. The summed E-state index contributed by atoms with van der Waals surface area (Å²) in [6.07, 6.45) is 1.62. The summed E-state index contributed by atoms with van der Waals surface area (Å²) in [4.78, 5) is 21.1. The number of nitrogens with zero attached hydrogens (tertiary/aromatic N) is 4. The molecule has 1 unspecified atom stereocenters. The first-order valence-corrected chi connectivity index (χ1v) is 8.41. The quantitative estimate of drug-likeness (QED) is 0.606. The van der Waals surface area contributed by atoms with E-state index < -0.39 is 11.9 Å². The van der Waals surface area contributed by atoms with Gasteiger partial charge in [-0.25, -0.2) is 13.9 Å². The fourth-order valence-electron chi connectivity index (χ4n) is 2.86. The summed E-state index contributed by atoms with van der Waals surface area (Å²) < 4.78 is 14.8. The van der Waals surface area contributed by atoms with Crippen LogP contribution in [0.1, 0.15) is 33.5 Å². The molecule has 1 atom stereocenters. The molecule has 134 valence electrons. The maximum atomic E-state index is 13.3. The predicted molar refractivity (Wildman–Crippen MR) is 97.7 cm³/mol. The molecule has 7 heteroatoms. The Morgan fingerprint density at radius 3 is 2.44 bits per heavy atom. The Hall–Kier alpha value is -3.61. The number of aromatic nitrogens is 4. The van der Waals surface area contributed by atoms with E-state index in [1.54, 1.807) is 24.4 Å². The van der Waals surface area contributed by atoms with Gasteiger partial charge in [0.25, 0.3) is 11.7 Å². The molecule has 0 bridgehead atoms. The molecule has 0 radical (unpaired) electrons. The van der Waals surface area contributed by atoms with Gasteiger partial charge in [0.15, 0.2) is 0 Å². The number of fused-ring (bicyclic) bond motifs is 1. The second-order valence-corrected chi connectivity index (χ2v) is 6.10. The van der Waals surface area contributed by atoms with Crippen LogP contribution in [0.4, 0.5) is 4.39 Å². The van der Waals surface area contributed by atoms with Crippen LogP contribution < -0.4 is 5.32 Å². The molecule has 6 nitrogen and oxygen atoms in total. The van der Waals surface area contributed by atoms with Crippen molar-refractivity contribution in [2.75, 3.05) is 0 Å². The Morgan fingerprint density at radius 2 is 1.74 bits per heavy atom. The van der Waals surface area contributed by atoms with Crippen LogP contribution in [0.25, 0.3) is 5.78 Å². The van der Waals surface area contributed by atoms with Gasteiger partial charge in [-0.2, -0.15) is 4.98 Å². The monoisotopic (exact) mass is 361 g/mol. The van der Waals surface area contributed by atoms with E-state index in [2.05, 4.69) is 20.4 Å². The molecule has 0 saturated carbocycles. The smallest absolute Gasteiger partial charge is 0.291 e. The largest absolute Gasteiger partial charge is 0.338 e. The predicted octanol–water partition coefficient (Wildman–Crippen LogP) is 3.09. The number of halogens is 1. The van der Waals surface area contributed by atoms with Gasteiger partial charge in [0.2, 0.25) is 5.82 Å². The van der Waals surface area contributed by atoms with E-state index in [-0.39, 0.29) is 11.6 Å². The average molecular weight is 361 g/mol. The SMILES string of the molecule is Cc1ccnc2nc(C(=O)NC(c3ccccc3)c3ccc(F)cc3)nn12. The maximum Gasteiger partial charge on any atom is 0.291 e. The highest BCUT2D eigenvalue weighted by molar-refractivity contribution is 5.91. The van der Waals surface area contributed by atoms with Gasteiger partial charge in [-0.1, -0.05) is 42.5 Å². The molecular weight excluding hydrogens is 345 g/mol. The first-order chi connectivity index (χ1) is 13.1. The lowest BCUT2D eigenvalue weighted by atomic mass is 9.98. The third-order valence-corrected chi connectivity index (χ3v) is 4.24. The minimum Gasteiger partial charge on any atom is -0.338 e. The summed E-state index contributed by atoms with van der Waals surface area (Å²) >= 11 is 0. The first-order valence-electron chi connectivity index (χ1n) is 8.41. The van der Waals surface area contributed by atoms with E-state index in [4.69, 9.17) is 0 Å². The Kier molecular flexibility index (Phi) is 4.33. The van der Waals surface area contributed by atoms with Crippen molar-refractivity contribution in [1.82, 2.24) is 24.9 Å². The van der Waals surface area contributed by atoms with Crippen LogP contribution in [0, 0.1) is 12.7 Å². The standard InChI is InChI=1S/C20H16FN5O/c1-13-11-12-22-20-24-18(25-26(13)20)19(27)23-17(14-5-3-2-4-6-14)15-7-9-16(21)10-8-15/h2-12,17H,1H3,(H,23,27). The number of carbonyl (C=O) groups is 1. The zero-order valence-corrected chi connectivity index (χ0v) is 14.5. The van der Waals surface area contributed by atoms with Crippen molar-refractivity contribution < 1.29 is 9.18 Å². The van der Waals surface area contributed by atoms with Gasteiger partial charge in [0, 0.05) is 11.9 Å². The Balaban J connectivity index is 1.69. The van der Waals surface area contributed by atoms with Gasteiger partial charge in [0.05, 0.1) is 6.04 Å². The molecule has 2 aromatic carbocycles. The van der Waals surface area contributed by atoms with Crippen LogP contribution in [0.3, 0.4) is 0 Å². The van der Waals surface area contributed by atoms with Crippen molar-refractivity contribution in [2.45, 2.75) is 13.0 Å². The summed E-state index contributed by atoms with van der Waals surface area (Å²) in [5.74, 6) is -0.378. The lowest BCUT2D eigenvalue weighted by Gasteiger charge is -2.19. The second kappa shape index (κ2) is 6.95. The van der Waals surface area contributed by atoms with Crippen LogP contribution in [-0.2, 0) is 0 Å². The Labute approximate surface area is 154 Å². The highest BCUT2D eigenvalue weighted by Gasteiger charge is 2.21. The highest BCUT2D eigenvalue weighted by atomic mass is 19.1. The van der Waals surface area contributed by atoms with Gasteiger partial charge in [-0.3, -0.25) is 4.79 Å². The highest BCUT2D eigenvalue weighted by Crippen LogP contribution is 2.22. The number of nitrogens with one attached hydrogen (secondary N) is 1. The van der Waals surface area contributed by atoms with E-state index in [0.29, 0.717) is 5.78 Å². The summed E-state index contributed by atoms with van der Waals surface area (Å²) in [6.45, 7) is 1.86. The molecule has 2 heterocycles. The third kappa shape index (κ3) is 3.39. The minimum absolute atomic E-state index is 0.0276. The van der Waals surface area contributed by atoms with E-state index in [9.17, 15) is 9.18 Å². The molecule has 0 fully saturated rings. The fourth-order valence-corrected chi connectivity index (χ4v) is 2.86. The van der Waals surface area contributed by atoms with Crippen molar-refractivity contribution >= 4 is 11.7 Å². The number of hydrogen-bond acceptors (Lipinski definition) is 4. The van der Waals surface area contributed by atoms with E-state index in [0.717, 1.165) is 16.8 Å².